The fourth-order valence-corrected chi connectivity index (χ4v) is 6.34. The highest BCUT2D eigenvalue weighted by atomic mass is 16.3. The molecule has 0 aliphatic carbocycles. The Bertz CT molecular complexity index is 2970. The molecule has 2 nitrogen and oxygen atoms in total. The van der Waals surface area contributed by atoms with Gasteiger partial charge in [-0.1, -0.05) is 158 Å². The molecule has 0 bridgehead atoms. The van der Waals surface area contributed by atoms with E-state index >= 15 is 0 Å². The summed E-state index contributed by atoms with van der Waals surface area (Å²) in [5.74, 6) is 0.724. The standard InChI is InChI=1S/C50H35NO/c1-3-10-36(11-4-1)38-18-20-39(21-19-38)41-24-30-47(31-25-41)51(46-28-22-40(23-29-46)37-12-5-2-6-13-37)48-32-26-42(27-33-48)43-15-9-16-44(34-43)50-35-45-14-7-8-17-49(45)52-50/h1-35H/i22D,23D,24D,25D,28D,29D,30D,31D. The molecular weight excluding hydrogens is 631 g/mol. The van der Waals surface area contributed by atoms with Crippen molar-refractivity contribution in [1.29, 1.82) is 0 Å². The Morgan fingerprint density at radius 1 is 0.327 bits per heavy atom. The minimum absolute atomic E-state index is 0.104. The van der Waals surface area contributed by atoms with Crippen LogP contribution in [0.4, 0.5) is 17.1 Å². The van der Waals surface area contributed by atoms with Gasteiger partial charge in [0.05, 0.1) is 11.0 Å². The minimum Gasteiger partial charge on any atom is -0.456 e. The molecule has 0 saturated heterocycles. The fraction of sp³-hybridized carbons (Fsp3) is 0. The summed E-state index contributed by atoms with van der Waals surface area (Å²) in [7, 11) is 0. The molecule has 2 heteroatoms. The summed E-state index contributed by atoms with van der Waals surface area (Å²) in [5, 5.41) is 0.997. The van der Waals surface area contributed by atoms with Gasteiger partial charge in [0.2, 0.25) is 0 Å². The van der Waals surface area contributed by atoms with Crippen molar-refractivity contribution >= 4 is 28.0 Å². The van der Waals surface area contributed by atoms with Crippen molar-refractivity contribution < 1.29 is 15.4 Å². The summed E-state index contributed by atoms with van der Waals surface area (Å²) in [6.07, 6.45) is 0. The molecule has 0 saturated carbocycles. The normalized spacial score (nSPS) is 13.2. The molecule has 0 atom stereocenters. The van der Waals surface area contributed by atoms with E-state index in [9.17, 15) is 8.22 Å². The van der Waals surface area contributed by atoms with E-state index in [0.717, 1.165) is 44.5 Å². The van der Waals surface area contributed by atoms with Gasteiger partial charge in [-0.15, -0.1) is 0 Å². The van der Waals surface area contributed by atoms with Gasteiger partial charge in [-0.2, -0.15) is 0 Å². The van der Waals surface area contributed by atoms with Crippen molar-refractivity contribution in [3.05, 3.63) is 212 Å². The second-order valence-corrected chi connectivity index (χ2v) is 12.4. The second kappa shape index (κ2) is 13.8. The molecule has 0 N–H and O–H groups in total. The average Bonchev–Trinajstić information content (AvgIpc) is 3.73. The third-order valence-corrected chi connectivity index (χ3v) is 9.05. The molecule has 0 radical (unpaired) electrons. The summed E-state index contributed by atoms with van der Waals surface area (Å²) in [6, 6.07) is 47.9. The maximum atomic E-state index is 9.42. The van der Waals surface area contributed by atoms with Gasteiger partial charge in [0.15, 0.2) is 0 Å². The van der Waals surface area contributed by atoms with Crippen molar-refractivity contribution in [2.45, 2.75) is 0 Å². The van der Waals surface area contributed by atoms with E-state index in [0.29, 0.717) is 16.8 Å². The van der Waals surface area contributed by atoms with Crippen LogP contribution in [0.25, 0.3) is 66.8 Å². The van der Waals surface area contributed by atoms with Crippen molar-refractivity contribution in [3.63, 3.8) is 0 Å². The van der Waals surface area contributed by atoms with E-state index in [1.54, 1.807) is 54.6 Å². The van der Waals surface area contributed by atoms with Crippen molar-refractivity contribution in [2.75, 3.05) is 4.90 Å². The minimum atomic E-state index is -0.398. The molecule has 9 aromatic rings. The van der Waals surface area contributed by atoms with Crippen LogP contribution in [0.1, 0.15) is 11.0 Å². The predicted octanol–water partition coefficient (Wildman–Crippen LogP) is 14.2. The molecule has 0 aliphatic rings. The van der Waals surface area contributed by atoms with E-state index in [1.807, 2.05) is 109 Å². The zero-order valence-electron chi connectivity index (χ0n) is 35.9. The highest BCUT2D eigenvalue weighted by Gasteiger charge is 2.15. The summed E-state index contributed by atoms with van der Waals surface area (Å²) in [5.41, 5.74) is 6.44. The molecule has 1 aromatic heterocycles. The number of fused-ring (bicyclic) bond motifs is 1. The largest absolute Gasteiger partial charge is 0.456 e. The van der Waals surface area contributed by atoms with Crippen LogP contribution < -0.4 is 4.90 Å². The van der Waals surface area contributed by atoms with Gasteiger partial charge < -0.3 is 9.32 Å². The highest BCUT2D eigenvalue weighted by molar-refractivity contribution is 5.85. The Morgan fingerprint density at radius 2 is 0.769 bits per heavy atom. The third kappa shape index (κ3) is 6.30. The van der Waals surface area contributed by atoms with E-state index in [-0.39, 0.29) is 46.7 Å². The molecule has 0 amide bonds. The van der Waals surface area contributed by atoms with E-state index in [4.69, 9.17) is 7.16 Å². The lowest BCUT2D eigenvalue weighted by Gasteiger charge is -2.26. The van der Waals surface area contributed by atoms with E-state index in [1.165, 1.54) is 4.90 Å². The Kier molecular flexibility index (Phi) is 6.23. The van der Waals surface area contributed by atoms with Crippen molar-refractivity contribution in [1.82, 2.24) is 0 Å². The number of nitrogens with zero attached hydrogens (tertiary/aromatic N) is 1. The first-order chi connectivity index (χ1) is 29.1. The maximum absolute atomic E-state index is 9.42. The van der Waals surface area contributed by atoms with Gasteiger partial charge in [0, 0.05) is 28.0 Å². The Balaban J connectivity index is 1.19. The molecule has 9 rings (SSSR count). The number of hydrogen-bond donors (Lipinski definition) is 0. The second-order valence-electron chi connectivity index (χ2n) is 12.4. The first-order valence-corrected chi connectivity index (χ1v) is 17.0. The van der Waals surface area contributed by atoms with Gasteiger partial charge in [0.1, 0.15) is 11.3 Å². The fourth-order valence-electron chi connectivity index (χ4n) is 6.34. The zero-order valence-corrected chi connectivity index (χ0v) is 27.9. The molecule has 8 aromatic carbocycles. The first-order valence-electron chi connectivity index (χ1n) is 21.0. The lowest BCUT2D eigenvalue weighted by atomic mass is 9.99. The van der Waals surface area contributed by atoms with Crippen molar-refractivity contribution in [3.8, 4) is 55.8 Å². The summed E-state index contributed by atoms with van der Waals surface area (Å²) in [6.45, 7) is 0. The lowest BCUT2D eigenvalue weighted by Crippen LogP contribution is -2.09. The number of rotatable bonds is 8. The van der Waals surface area contributed by atoms with Crippen molar-refractivity contribution in [2.24, 2.45) is 0 Å². The Hall–Kier alpha value is -6.90. The maximum Gasteiger partial charge on any atom is 0.135 e. The van der Waals surface area contributed by atoms with Gasteiger partial charge >= 0.3 is 0 Å². The van der Waals surface area contributed by atoms with E-state index < -0.39 is 24.2 Å². The molecule has 0 spiro atoms. The Labute approximate surface area is 315 Å². The molecule has 246 valence electrons. The number of hydrogen-bond acceptors (Lipinski definition) is 2. The molecule has 1 heterocycles. The van der Waals surface area contributed by atoms with Crippen LogP contribution in [0.2, 0.25) is 0 Å². The van der Waals surface area contributed by atoms with Crippen LogP contribution in [0.15, 0.2) is 217 Å². The van der Waals surface area contributed by atoms with Crippen LogP contribution >= 0.6 is 0 Å². The number of benzene rings is 8. The first kappa shape index (κ1) is 23.5. The Morgan fingerprint density at radius 3 is 1.37 bits per heavy atom. The van der Waals surface area contributed by atoms with Gasteiger partial charge in [0.25, 0.3) is 0 Å². The van der Waals surface area contributed by atoms with E-state index in [2.05, 4.69) is 0 Å². The monoisotopic (exact) mass is 673 g/mol. The van der Waals surface area contributed by atoms with Crippen LogP contribution in [0.3, 0.4) is 0 Å². The molecule has 0 fully saturated rings. The molecule has 0 unspecified atom stereocenters. The van der Waals surface area contributed by atoms with Crippen LogP contribution in [-0.2, 0) is 0 Å². The predicted molar refractivity (Wildman–Crippen MR) is 218 cm³/mol. The van der Waals surface area contributed by atoms with Crippen LogP contribution in [0, 0.1) is 0 Å². The van der Waals surface area contributed by atoms with Gasteiger partial charge in [-0.05, 0) is 99.0 Å². The lowest BCUT2D eigenvalue weighted by molar-refractivity contribution is 0.631. The molecule has 0 aliphatic heterocycles. The topological polar surface area (TPSA) is 16.4 Å². The van der Waals surface area contributed by atoms with Gasteiger partial charge in [-0.3, -0.25) is 0 Å². The number of para-hydroxylation sites is 1. The SMILES string of the molecule is [2H]c1c([2H])c(N(c2ccc(-c3cccc(-c4cc5ccccc5o4)c3)cc2)c2c([2H])c([2H])c(-c3ccc(-c4ccccc4)cc3)c([2H])c2[2H])c([2H])c([2H])c1-c1ccccc1. The van der Waals surface area contributed by atoms with Gasteiger partial charge in [-0.25, -0.2) is 0 Å². The smallest absolute Gasteiger partial charge is 0.135 e. The zero-order chi connectivity index (χ0) is 41.7. The summed E-state index contributed by atoms with van der Waals surface area (Å²) >= 11 is 0. The third-order valence-electron chi connectivity index (χ3n) is 9.05. The average molecular weight is 674 g/mol. The van der Waals surface area contributed by atoms with Crippen LogP contribution in [0.5, 0.6) is 0 Å². The summed E-state index contributed by atoms with van der Waals surface area (Å²) in [4.78, 5) is 1.33. The molecular formula is C50H35NO. The summed E-state index contributed by atoms with van der Waals surface area (Å²) < 4.78 is 80.4. The molecule has 52 heavy (non-hydrogen) atoms. The number of anilines is 3. The highest BCUT2D eigenvalue weighted by Crippen LogP contribution is 2.38. The number of furan rings is 1. The quantitative estimate of drug-likeness (QED) is 0.160. The van der Waals surface area contributed by atoms with Crippen LogP contribution in [-0.4, -0.2) is 0 Å².